The minimum absolute atomic E-state index is 0.350. The second kappa shape index (κ2) is 13.7. The maximum absolute atomic E-state index is 12.9. The third kappa shape index (κ3) is 8.58. The van der Waals surface area contributed by atoms with Crippen LogP contribution in [0.15, 0.2) is 72.9 Å². The van der Waals surface area contributed by atoms with E-state index in [4.69, 9.17) is 21.1 Å². The number of aldehydes is 1. The molecule has 0 saturated carbocycles. The number of alkyl halides is 3. The number of amides is 2. The van der Waals surface area contributed by atoms with E-state index in [1.165, 1.54) is 0 Å². The Balaban J connectivity index is 0.000000612. The van der Waals surface area contributed by atoms with E-state index in [0.29, 0.717) is 46.9 Å². The molecule has 4 aromatic rings. The number of nitrogens with one attached hydrogen (secondary N) is 4. The highest BCUT2D eigenvalue weighted by atomic mass is 35.5. The SMILES string of the molecule is CCOc1ccccc1NC(=O)Nc1ccc2cc1CCc1cccc(c1)Nc1ncc(Cl)c(n1)N2.O=CC(F)(F)F. The summed E-state index contributed by atoms with van der Waals surface area (Å²) in [6.45, 7) is 2.41. The van der Waals surface area contributed by atoms with Crippen molar-refractivity contribution in [1.29, 1.82) is 0 Å². The molecule has 4 N–H and O–H groups in total. The van der Waals surface area contributed by atoms with Crippen molar-refractivity contribution >= 4 is 58.4 Å². The van der Waals surface area contributed by atoms with Crippen LogP contribution in [-0.2, 0) is 17.6 Å². The Hall–Kier alpha value is -4.84. The average molecular weight is 599 g/mol. The minimum Gasteiger partial charge on any atom is -0.492 e. The number of carbonyl (C=O) groups is 2. The molecule has 0 aliphatic carbocycles. The van der Waals surface area contributed by atoms with Gasteiger partial charge in [-0.3, -0.25) is 4.79 Å². The summed E-state index contributed by atoms with van der Waals surface area (Å²) in [7, 11) is 0. The van der Waals surface area contributed by atoms with E-state index in [-0.39, 0.29) is 6.03 Å². The summed E-state index contributed by atoms with van der Waals surface area (Å²) < 4.78 is 36.9. The summed E-state index contributed by atoms with van der Waals surface area (Å²) in [5, 5.41) is 12.8. The molecule has 2 amide bonds. The molecule has 0 spiro atoms. The van der Waals surface area contributed by atoms with Crippen molar-refractivity contribution in [2.45, 2.75) is 25.9 Å². The molecule has 42 heavy (non-hydrogen) atoms. The van der Waals surface area contributed by atoms with Crippen LogP contribution >= 0.6 is 11.6 Å². The van der Waals surface area contributed by atoms with Crippen molar-refractivity contribution in [1.82, 2.24) is 9.97 Å². The van der Waals surface area contributed by atoms with E-state index in [1.54, 1.807) is 12.3 Å². The second-order valence-corrected chi connectivity index (χ2v) is 9.29. The predicted octanol–water partition coefficient (Wildman–Crippen LogP) is 7.51. The van der Waals surface area contributed by atoms with Crippen LogP contribution in [0, 0.1) is 0 Å². The smallest absolute Gasteiger partial charge is 0.446 e. The molecule has 0 fully saturated rings. The fourth-order valence-corrected chi connectivity index (χ4v) is 4.13. The van der Waals surface area contributed by atoms with Crippen LogP contribution in [0.3, 0.4) is 0 Å². The lowest BCUT2D eigenvalue weighted by Gasteiger charge is -2.16. The maximum Gasteiger partial charge on any atom is 0.446 e. The molecule has 13 heteroatoms. The van der Waals surface area contributed by atoms with E-state index < -0.39 is 12.5 Å². The lowest BCUT2D eigenvalue weighted by atomic mass is 10.0. The molecule has 5 rings (SSSR count). The van der Waals surface area contributed by atoms with Gasteiger partial charge >= 0.3 is 12.2 Å². The van der Waals surface area contributed by atoms with Crippen molar-refractivity contribution in [3.05, 3.63) is 89.1 Å². The number of aromatic nitrogens is 2. The Kier molecular flexibility index (Phi) is 9.81. The Morgan fingerprint density at radius 3 is 2.50 bits per heavy atom. The van der Waals surface area contributed by atoms with Gasteiger partial charge in [-0.1, -0.05) is 35.9 Å². The van der Waals surface area contributed by atoms with Gasteiger partial charge in [-0.15, -0.1) is 0 Å². The maximum atomic E-state index is 12.9. The van der Waals surface area contributed by atoms with E-state index >= 15 is 0 Å². The standard InChI is InChI=1S/C27H25ClN6O2.C2HF3O/c1-2-36-24-9-4-3-8-23(24)33-27(35)32-22-13-12-20-15-18(22)11-10-17-6-5-7-19(14-17)31-26-29-16-21(28)25(30-20)34-26;3-2(4,5)1-6/h3-9,12-16H,2,10-11H2,1H3,(H2,32,33,35)(H2,29,30,31,34);1H. The molecule has 1 aliphatic heterocycles. The predicted molar refractivity (Wildman–Crippen MR) is 156 cm³/mol. The number of ether oxygens (including phenoxy) is 1. The molecule has 1 aliphatic rings. The quantitative estimate of drug-likeness (QED) is 0.180. The highest BCUT2D eigenvalue weighted by Gasteiger charge is 2.25. The summed E-state index contributed by atoms with van der Waals surface area (Å²) in [6, 6.07) is 20.8. The molecule has 6 bridgehead atoms. The Bertz CT molecular complexity index is 1570. The van der Waals surface area contributed by atoms with Crippen molar-refractivity contribution in [2.75, 3.05) is 27.9 Å². The summed E-state index contributed by atoms with van der Waals surface area (Å²) in [4.78, 5) is 30.4. The van der Waals surface area contributed by atoms with Crippen molar-refractivity contribution in [3.8, 4) is 5.75 Å². The Labute approximate surface area is 244 Å². The van der Waals surface area contributed by atoms with Gasteiger partial charge in [0.25, 0.3) is 0 Å². The highest BCUT2D eigenvalue weighted by molar-refractivity contribution is 6.32. The number of hydrogen-bond acceptors (Lipinski definition) is 7. The van der Waals surface area contributed by atoms with Crippen LogP contribution in [0.1, 0.15) is 18.1 Å². The number of carbonyl (C=O) groups excluding carboxylic acids is 2. The van der Waals surface area contributed by atoms with Gasteiger partial charge in [0.1, 0.15) is 10.8 Å². The first-order valence-corrected chi connectivity index (χ1v) is 13.1. The number of para-hydroxylation sites is 2. The zero-order valence-corrected chi connectivity index (χ0v) is 23.0. The van der Waals surface area contributed by atoms with E-state index in [0.717, 1.165) is 28.9 Å². The Morgan fingerprint density at radius 1 is 1.00 bits per heavy atom. The van der Waals surface area contributed by atoms with Crippen LogP contribution in [0.25, 0.3) is 0 Å². The first-order chi connectivity index (χ1) is 20.1. The highest BCUT2D eigenvalue weighted by Crippen LogP contribution is 2.30. The summed E-state index contributed by atoms with van der Waals surface area (Å²) in [6.07, 6.45) is -2.65. The summed E-state index contributed by atoms with van der Waals surface area (Å²) >= 11 is 6.35. The lowest BCUT2D eigenvalue weighted by Crippen LogP contribution is -2.21. The van der Waals surface area contributed by atoms with Crippen molar-refractivity contribution < 1.29 is 27.5 Å². The second-order valence-electron chi connectivity index (χ2n) is 8.88. The first kappa shape index (κ1) is 30.1. The number of rotatable bonds is 4. The minimum atomic E-state index is -4.64. The third-order valence-corrected chi connectivity index (χ3v) is 6.07. The first-order valence-electron chi connectivity index (χ1n) is 12.7. The number of halogens is 4. The van der Waals surface area contributed by atoms with Crippen molar-refractivity contribution in [2.24, 2.45) is 0 Å². The van der Waals surface area contributed by atoms with E-state index in [1.807, 2.05) is 55.5 Å². The number of benzene rings is 3. The third-order valence-electron chi connectivity index (χ3n) is 5.80. The van der Waals surface area contributed by atoms with Crippen LogP contribution in [0.2, 0.25) is 5.02 Å². The fourth-order valence-electron chi connectivity index (χ4n) is 3.99. The number of hydrogen-bond donors (Lipinski definition) is 4. The molecule has 1 aromatic heterocycles. The molecule has 3 aromatic carbocycles. The van der Waals surface area contributed by atoms with Gasteiger partial charge < -0.3 is 26.0 Å². The number of anilines is 6. The van der Waals surface area contributed by atoms with Crippen LogP contribution in [-0.4, -0.2) is 35.1 Å². The van der Waals surface area contributed by atoms with Gasteiger partial charge in [0.05, 0.1) is 18.5 Å². The fraction of sp³-hybridized carbons (Fsp3) is 0.172. The monoisotopic (exact) mass is 598 g/mol. The average Bonchev–Trinajstić information content (AvgIpc) is 2.96. The molecule has 0 atom stereocenters. The molecule has 218 valence electrons. The largest absolute Gasteiger partial charge is 0.492 e. The molecular weight excluding hydrogens is 573 g/mol. The topological polar surface area (TPSA) is 117 Å². The van der Waals surface area contributed by atoms with Gasteiger partial charge in [0.2, 0.25) is 12.2 Å². The normalized spacial score (nSPS) is 11.9. The molecular formula is C29H26ClF3N6O3. The number of nitrogens with zero attached hydrogens (tertiary/aromatic N) is 2. The summed E-state index contributed by atoms with van der Waals surface area (Å²) in [5.74, 6) is 1.55. The molecule has 2 heterocycles. The molecule has 9 nitrogen and oxygen atoms in total. The van der Waals surface area contributed by atoms with Gasteiger partial charge in [-0.2, -0.15) is 18.2 Å². The summed E-state index contributed by atoms with van der Waals surface area (Å²) in [5.41, 5.74) is 5.12. The lowest BCUT2D eigenvalue weighted by molar-refractivity contribution is -0.156. The van der Waals surface area contributed by atoms with Crippen LogP contribution in [0.5, 0.6) is 5.75 Å². The molecule has 0 saturated heterocycles. The van der Waals surface area contributed by atoms with Gasteiger partial charge in [0, 0.05) is 17.1 Å². The van der Waals surface area contributed by atoms with E-state index in [2.05, 4.69) is 43.4 Å². The number of urea groups is 1. The number of aryl methyl sites for hydroxylation is 2. The van der Waals surface area contributed by atoms with Crippen molar-refractivity contribution in [3.63, 3.8) is 0 Å². The Morgan fingerprint density at radius 2 is 1.74 bits per heavy atom. The van der Waals surface area contributed by atoms with Crippen LogP contribution < -0.4 is 26.0 Å². The number of fused-ring (bicyclic) bond motifs is 6. The van der Waals surface area contributed by atoms with Crippen LogP contribution in [0.4, 0.5) is 52.5 Å². The molecule has 0 unspecified atom stereocenters. The van der Waals surface area contributed by atoms with Gasteiger partial charge in [0.15, 0.2) is 5.82 Å². The van der Waals surface area contributed by atoms with Gasteiger partial charge in [-0.05, 0) is 73.4 Å². The zero-order chi connectivity index (χ0) is 30.1. The van der Waals surface area contributed by atoms with E-state index in [9.17, 15) is 18.0 Å². The zero-order valence-electron chi connectivity index (χ0n) is 22.3. The molecule has 0 radical (unpaired) electrons. The van der Waals surface area contributed by atoms with Gasteiger partial charge in [-0.25, -0.2) is 9.78 Å².